The van der Waals surface area contributed by atoms with Gasteiger partial charge in [0.25, 0.3) is 0 Å². The zero-order valence-corrected chi connectivity index (χ0v) is 37.0. The topological polar surface area (TPSA) is 56.7 Å². The number of hydrogen-bond donors (Lipinski definition) is 0. The zero-order chi connectivity index (χ0) is 37.3. The predicted octanol–water partition coefficient (Wildman–Crippen LogP) is 11.6. The fourth-order valence-electron chi connectivity index (χ4n) is 7.04. The second-order valence-corrected chi connectivity index (χ2v) is 26.3. The summed E-state index contributed by atoms with van der Waals surface area (Å²) in [5.74, 6) is 9.19. The fourth-order valence-corrected chi connectivity index (χ4v) is 10.4. The number of imidazole rings is 1. The number of fused-ring (bicyclic) bond motifs is 4. The van der Waals surface area contributed by atoms with E-state index in [1.807, 2.05) is 36.4 Å². The normalized spacial score (nSPS) is 11.7. The molecule has 0 atom stereocenters. The van der Waals surface area contributed by atoms with E-state index in [1.54, 1.807) is 4.40 Å². The predicted molar refractivity (Wildman–Crippen MR) is 223 cm³/mol. The van der Waals surface area contributed by atoms with E-state index in [9.17, 15) is 0 Å². The maximum atomic E-state index is 6.42. The number of benzene rings is 4. The molecule has 0 saturated heterocycles. The van der Waals surface area contributed by atoms with Crippen molar-refractivity contribution < 1.29 is 24.5 Å². The largest absolute Gasteiger partial charge is 0.486 e. The van der Waals surface area contributed by atoms with Crippen molar-refractivity contribution in [2.45, 2.75) is 70.8 Å². The van der Waals surface area contributed by atoms with E-state index >= 15 is 0 Å². The van der Waals surface area contributed by atoms with E-state index in [0.717, 1.165) is 74.3 Å². The molecule has 0 amide bonds. The van der Waals surface area contributed by atoms with Crippen molar-refractivity contribution in [1.29, 1.82) is 0 Å². The van der Waals surface area contributed by atoms with Gasteiger partial charge in [-0.25, -0.2) is 4.98 Å². The molecule has 1 radical (unpaired) electrons. The van der Waals surface area contributed by atoms with Gasteiger partial charge in [-0.3, -0.25) is 4.98 Å². The summed E-state index contributed by atoms with van der Waals surface area (Å²) in [5.41, 5.74) is 11.4. The Morgan fingerprint density at radius 3 is 2.28 bits per heavy atom. The van der Waals surface area contributed by atoms with Crippen molar-refractivity contribution in [2.75, 3.05) is 0 Å². The van der Waals surface area contributed by atoms with Crippen molar-refractivity contribution in [3.63, 3.8) is 0 Å². The Morgan fingerprint density at radius 2 is 1.57 bits per heavy atom. The van der Waals surface area contributed by atoms with Crippen LogP contribution in [0.4, 0.5) is 0 Å². The second kappa shape index (κ2) is 16.6. The third kappa shape index (κ3) is 8.32. The Morgan fingerprint density at radius 1 is 0.833 bits per heavy atom. The Balaban J connectivity index is 0.000000205. The summed E-state index contributed by atoms with van der Waals surface area (Å²) in [6.07, 6.45) is 3.27. The van der Waals surface area contributed by atoms with E-state index in [0.29, 0.717) is 17.5 Å². The molecule has 0 aliphatic carbocycles. The minimum absolute atomic E-state index is 0. The van der Waals surface area contributed by atoms with Crippen molar-refractivity contribution in [3.05, 3.63) is 144 Å². The molecule has 8 aromatic rings. The molecule has 7 heteroatoms. The van der Waals surface area contributed by atoms with Gasteiger partial charge < -0.3 is 8.98 Å². The average Bonchev–Trinajstić information content (AvgIpc) is 3.71. The first-order valence-corrected chi connectivity index (χ1v) is 26.0. The summed E-state index contributed by atoms with van der Waals surface area (Å²) in [6.45, 7) is 11.7. The minimum atomic E-state index is -1.86. The van der Waals surface area contributed by atoms with Crippen LogP contribution in [0.1, 0.15) is 56.0 Å². The summed E-state index contributed by atoms with van der Waals surface area (Å²) in [7, 11) is 0. The minimum Gasteiger partial charge on any atom is -0.486 e. The van der Waals surface area contributed by atoms with Crippen LogP contribution in [-0.2, 0) is 33.1 Å². The van der Waals surface area contributed by atoms with Crippen LogP contribution in [0.15, 0.2) is 114 Å². The molecule has 0 unspecified atom stereocenters. The van der Waals surface area contributed by atoms with Crippen molar-refractivity contribution in [3.8, 4) is 22.6 Å². The van der Waals surface area contributed by atoms with E-state index < -0.39 is 13.3 Å². The maximum Gasteiger partial charge on any atom is 0.216 e. The summed E-state index contributed by atoms with van der Waals surface area (Å²) < 4.78 is 10.2. The number of furan rings is 1. The fraction of sp³-hybridized carbons (Fsp3) is 0.255. The summed E-state index contributed by atoms with van der Waals surface area (Å²) >= 11 is -1.86. The first-order valence-electron chi connectivity index (χ1n) is 18.7. The van der Waals surface area contributed by atoms with Gasteiger partial charge in [-0.2, -0.15) is 0 Å². The Bertz CT molecular complexity index is 2510. The van der Waals surface area contributed by atoms with Crippen LogP contribution in [-0.4, -0.2) is 32.8 Å². The summed E-state index contributed by atoms with van der Waals surface area (Å²) in [6, 6.07) is 42.1. The number of rotatable bonds is 8. The molecular formula is C47H48GeIrN4O-2. The molecule has 0 aliphatic rings. The molecular weight excluding hydrogens is 901 g/mol. The third-order valence-corrected chi connectivity index (χ3v) is 14.0. The van der Waals surface area contributed by atoms with E-state index in [2.05, 4.69) is 142 Å². The molecule has 4 aromatic heterocycles. The molecule has 0 fully saturated rings. The number of aromatic nitrogens is 4. The van der Waals surface area contributed by atoms with Crippen LogP contribution in [0.5, 0.6) is 0 Å². The SMILES string of the molecule is CC(C)Cc1cc(-c2[c-]cccc2)nc[c]1[Ge]([CH3])([CH3])[CH3].Cc1c[c-]c(-c2nc3ccccc3n2Cc2ccccc2)c2oc3nc(C(C)C)ccc3c12.[Ir]. The van der Waals surface area contributed by atoms with Gasteiger partial charge in [-0.1, -0.05) is 74.2 Å². The standard InChI is InChI=1S/C29H24N3O.C18H24GeN.Ir/c1-18(2)23-16-15-21-26-19(3)13-14-22(27(26)33-29(21)31-23)28-30-24-11-7-8-12-25(24)32(28)17-20-9-5-4-6-10-20;1-14(2)11-16-12-18(15-9-7-6-8-10-15)20-13-17(16)19(3,4)5;/h4-13,15-16,18H,17H2,1-3H3;6-9,12-14H,11H2,1-5H3;/q2*-1;. The van der Waals surface area contributed by atoms with Crippen molar-refractivity contribution in [1.82, 2.24) is 19.5 Å². The van der Waals surface area contributed by atoms with Gasteiger partial charge in [0, 0.05) is 37.7 Å². The molecule has 4 heterocycles. The number of hydrogen-bond acceptors (Lipinski definition) is 4. The van der Waals surface area contributed by atoms with Crippen LogP contribution in [0.25, 0.3) is 55.7 Å². The van der Waals surface area contributed by atoms with Crippen LogP contribution < -0.4 is 4.40 Å². The maximum absolute atomic E-state index is 6.42. The zero-order valence-electron chi connectivity index (χ0n) is 32.5. The van der Waals surface area contributed by atoms with Gasteiger partial charge >= 0.3 is 126 Å². The van der Waals surface area contributed by atoms with E-state index in [-0.39, 0.29) is 20.1 Å². The quantitative estimate of drug-likeness (QED) is 0.112. The number of para-hydroxylation sites is 2. The molecule has 277 valence electrons. The second-order valence-electron chi connectivity index (χ2n) is 15.7. The molecule has 0 spiro atoms. The van der Waals surface area contributed by atoms with Crippen molar-refractivity contribution >= 4 is 50.8 Å². The molecule has 0 bridgehead atoms. The van der Waals surface area contributed by atoms with Crippen LogP contribution in [0.2, 0.25) is 17.3 Å². The van der Waals surface area contributed by atoms with Gasteiger partial charge in [0.15, 0.2) is 0 Å². The van der Waals surface area contributed by atoms with Gasteiger partial charge in [0.1, 0.15) is 0 Å². The van der Waals surface area contributed by atoms with Gasteiger partial charge in [-0.05, 0) is 35.7 Å². The van der Waals surface area contributed by atoms with Gasteiger partial charge in [0.05, 0.1) is 22.4 Å². The third-order valence-electron chi connectivity index (χ3n) is 9.70. The Hall–Kier alpha value is -4.36. The monoisotopic (exact) mass is 951 g/mol. The van der Waals surface area contributed by atoms with Crippen molar-refractivity contribution in [2.24, 2.45) is 5.92 Å². The van der Waals surface area contributed by atoms with Crippen LogP contribution in [0.3, 0.4) is 0 Å². The molecule has 0 saturated carbocycles. The summed E-state index contributed by atoms with van der Waals surface area (Å²) in [5, 5.41) is 2.12. The van der Waals surface area contributed by atoms with Gasteiger partial charge in [-0.15, -0.1) is 17.7 Å². The molecule has 5 nitrogen and oxygen atoms in total. The first-order chi connectivity index (χ1) is 25.5. The van der Waals surface area contributed by atoms with Gasteiger partial charge in [0.2, 0.25) is 5.71 Å². The molecule has 0 aliphatic heterocycles. The van der Waals surface area contributed by atoms with E-state index in [4.69, 9.17) is 19.4 Å². The Labute approximate surface area is 336 Å². The average molecular weight is 950 g/mol. The smallest absolute Gasteiger partial charge is 0.216 e. The molecule has 8 rings (SSSR count). The van der Waals surface area contributed by atoms with E-state index in [1.165, 1.54) is 11.1 Å². The first kappa shape index (κ1) is 39.3. The van der Waals surface area contributed by atoms with Crippen LogP contribution in [0, 0.1) is 25.0 Å². The number of nitrogens with zero attached hydrogens (tertiary/aromatic N) is 4. The van der Waals surface area contributed by atoms with Crippen LogP contribution >= 0.6 is 0 Å². The number of aryl methyl sites for hydroxylation is 1. The Kier molecular flexibility index (Phi) is 12.1. The summed E-state index contributed by atoms with van der Waals surface area (Å²) in [4.78, 5) is 14.5. The molecule has 54 heavy (non-hydrogen) atoms. The molecule has 0 N–H and O–H groups in total. The number of pyridine rings is 2. The molecule has 4 aromatic carbocycles.